The van der Waals surface area contributed by atoms with Crippen molar-refractivity contribution in [3.05, 3.63) is 29.8 Å². The predicted octanol–water partition coefficient (Wildman–Crippen LogP) is 3.03. The van der Waals surface area contributed by atoms with Crippen molar-refractivity contribution < 1.29 is 4.74 Å². The van der Waals surface area contributed by atoms with Crippen LogP contribution in [0.25, 0.3) is 0 Å². The van der Waals surface area contributed by atoms with E-state index in [4.69, 9.17) is 10.5 Å². The third kappa shape index (κ3) is 5.52. The maximum absolute atomic E-state index is 5.54. The Kier molecular flexibility index (Phi) is 10.4. The molecule has 18 heavy (non-hydrogen) atoms. The molecule has 3 heteroatoms. The van der Waals surface area contributed by atoms with Crippen molar-refractivity contribution in [2.45, 2.75) is 34.2 Å². The minimum Gasteiger partial charge on any atom is -0.378 e. The summed E-state index contributed by atoms with van der Waals surface area (Å²) in [4.78, 5) is 2.34. The summed E-state index contributed by atoms with van der Waals surface area (Å²) in [5.41, 5.74) is 8.00. The highest BCUT2D eigenvalue weighted by atomic mass is 16.5. The summed E-state index contributed by atoms with van der Waals surface area (Å²) in [5, 5.41) is 0. The zero-order valence-corrected chi connectivity index (χ0v) is 12.3. The second-order valence-electron chi connectivity index (χ2n) is 3.47. The van der Waals surface area contributed by atoms with E-state index < -0.39 is 0 Å². The van der Waals surface area contributed by atoms with Crippen LogP contribution in [0.1, 0.15) is 33.3 Å². The van der Waals surface area contributed by atoms with Crippen molar-refractivity contribution in [2.75, 3.05) is 31.2 Å². The molecule has 0 amide bonds. The first-order valence-corrected chi connectivity index (χ1v) is 7.02. The maximum atomic E-state index is 5.54. The van der Waals surface area contributed by atoms with E-state index >= 15 is 0 Å². The maximum Gasteiger partial charge on any atom is 0.0642 e. The van der Waals surface area contributed by atoms with Gasteiger partial charge in [-0.25, -0.2) is 0 Å². The molecule has 0 aromatic heterocycles. The molecule has 1 aromatic rings. The second kappa shape index (κ2) is 11.1. The first kappa shape index (κ1) is 16.9. The fourth-order valence-corrected chi connectivity index (χ4v) is 1.66. The number of ether oxygens (including phenoxy) is 1. The molecule has 0 saturated carbocycles. The molecule has 1 heterocycles. The number of hydrogen-bond donors (Lipinski definition) is 1. The van der Waals surface area contributed by atoms with Gasteiger partial charge in [-0.15, -0.1) is 0 Å². The Labute approximate surface area is 112 Å². The molecule has 0 radical (unpaired) electrons. The molecule has 1 aliphatic heterocycles. The molecule has 1 aliphatic rings. The number of morpholine rings is 1. The van der Waals surface area contributed by atoms with Crippen LogP contribution in [0, 0.1) is 0 Å². The molecule has 104 valence electrons. The number of nitrogens with two attached hydrogens (primary N) is 1. The van der Waals surface area contributed by atoms with Gasteiger partial charge in [0.2, 0.25) is 0 Å². The molecule has 1 saturated heterocycles. The molecular formula is C15H28N2O. The van der Waals surface area contributed by atoms with Crippen LogP contribution in [0.3, 0.4) is 0 Å². The topological polar surface area (TPSA) is 38.5 Å². The lowest BCUT2D eigenvalue weighted by Gasteiger charge is -2.28. The minimum absolute atomic E-state index is 0.614. The second-order valence-corrected chi connectivity index (χ2v) is 3.47. The van der Waals surface area contributed by atoms with Gasteiger partial charge in [0.25, 0.3) is 0 Å². The lowest BCUT2D eigenvalue weighted by molar-refractivity contribution is 0.122. The van der Waals surface area contributed by atoms with Crippen LogP contribution in [0.2, 0.25) is 0 Å². The number of nitrogens with zero attached hydrogens (tertiary/aromatic N) is 1. The Morgan fingerprint density at radius 3 is 1.94 bits per heavy atom. The molecule has 0 bridgehead atoms. The van der Waals surface area contributed by atoms with Gasteiger partial charge in [0.15, 0.2) is 0 Å². The van der Waals surface area contributed by atoms with Crippen molar-refractivity contribution in [1.82, 2.24) is 0 Å². The summed E-state index contributed by atoms with van der Waals surface area (Å²) < 4.78 is 5.30. The highest BCUT2D eigenvalue weighted by molar-refractivity contribution is 5.47. The van der Waals surface area contributed by atoms with E-state index in [0.717, 1.165) is 26.3 Å². The molecule has 2 N–H and O–H groups in total. The van der Waals surface area contributed by atoms with Crippen LogP contribution >= 0.6 is 0 Å². The van der Waals surface area contributed by atoms with E-state index in [1.807, 2.05) is 27.7 Å². The smallest absolute Gasteiger partial charge is 0.0642 e. The quantitative estimate of drug-likeness (QED) is 0.879. The highest BCUT2D eigenvalue weighted by Gasteiger charge is 2.10. The third-order valence-corrected chi connectivity index (χ3v) is 2.55. The van der Waals surface area contributed by atoms with Crippen LogP contribution in [0.5, 0.6) is 0 Å². The van der Waals surface area contributed by atoms with Crippen LogP contribution < -0.4 is 10.6 Å². The summed E-state index contributed by atoms with van der Waals surface area (Å²) in [6, 6.07) is 8.44. The summed E-state index contributed by atoms with van der Waals surface area (Å²) in [7, 11) is 0. The lowest BCUT2D eigenvalue weighted by atomic mass is 10.2. The van der Waals surface area contributed by atoms with Gasteiger partial charge in [0, 0.05) is 25.3 Å². The van der Waals surface area contributed by atoms with E-state index in [2.05, 4.69) is 29.2 Å². The van der Waals surface area contributed by atoms with Gasteiger partial charge in [0.1, 0.15) is 0 Å². The van der Waals surface area contributed by atoms with Gasteiger partial charge < -0.3 is 15.4 Å². The molecule has 0 unspecified atom stereocenters. The van der Waals surface area contributed by atoms with E-state index in [-0.39, 0.29) is 0 Å². The molecule has 0 spiro atoms. The Balaban J connectivity index is 0.000000659. The summed E-state index contributed by atoms with van der Waals surface area (Å²) in [6.45, 7) is 12.3. The fraction of sp³-hybridized carbons (Fsp3) is 0.600. The van der Waals surface area contributed by atoms with Gasteiger partial charge in [-0.2, -0.15) is 0 Å². The largest absolute Gasteiger partial charge is 0.378 e. The van der Waals surface area contributed by atoms with Crippen molar-refractivity contribution >= 4 is 5.69 Å². The number of benzene rings is 1. The average molecular weight is 252 g/mol. The monoisotopic (exact) mass is 252 g/mol. The number of rotatable bonds is 2. The first-order chi connectivity index (χ1) is 8.90. The molecule has 1 fully saturated rings. The van der Waals surface area contributed by atoms with Crippen molar-refractivity contribution in [1.29, 1.82) is 0 Å². The standard InChI is InChI=1S/C11H16N2O.2C2H6/c12-9-10-1-3-11(4-2-10)13-5-7-14-8-6-13;2*1-2/h1-4H,5-9,12H2;2*1-2H3. The molecule has 0 aliphatic carbocycles. The van der Waals surface area contributed by atoms with Crippen molar-refractivity contribution in [3.8, 4) is 0 Å². The zero-order chi connectivity index (χ0) is 13.8. The van der Waals surface area contributed by atoms with Crippen LogP contribution in [-0.2, 0) is 11.3 Å². The molecule has 2 rings (SSSR count). The summed E-state index contributed by atoms with van der Waals surface area (Å²) in [5.74, 6) is 0. The highest BCUT2D eigenvalue weighted by Crippen LogP contribution is 2.16. The normalized spacial score (nSPS) is 13.9. The average Bonchev–Trinajstić information content (AvgIpc) is 2.52. The van der Waals surface area contributed by atoms with Gasteiger partial charge in [-0.05, 0) is 17.7 Å². The van der Waals surface area contributed by atoms with Gasteiger partial charge >= 0.3 is 0 Å². The summed E-state index contributed by atoms with van der Waals surface area (Å²) in [6.07, 6.45) is 0. The van der Waals surface area contributed by atoms with E-state index in [0.29, 0.717) is 6.54 Å². The van der Waals surface area contributed by atoms with Crippen molar-refractivity contribution in [2.24, 2.45) is 5.73 Å². The predicted molar refractivity (Wildman–Crippen MR) is 80.1 cm³/mol. The summed E-state index contributed by atoms with van der Waals surface area (Å²) >= 11 is 0. The lowest BCUT2D eigenvalue weighted by Crippen LogP contribution is -2.36. The van der Waals surface area contributed by atoms with E-state index in [1.165, 1.54) is 11.3 Å². The zero-order valence-electron chi connectivity index (χ0n) is 12.3. The minimum atomic E-state index is 0.614. The number of anilines is 1. The Morgan fingerprint density at radius 2 is 1.50 bits per heavy atom. The first-order valence-electron chi connectivity index (χ1n) is 7.02. The van der Waals surface area contributed by atoms with Crippen molar-refractivity contribution in [3.63, 3.8) is 0 Å². The van der Waals surface area contributed by atoms with Gasteiger partial charge in [-0.1, -0.05) is 39.8 Å². The van der Waals surface area contributed by atoms with Crippen LogP contribution in [0.15, 0.2) is 24.3 Å². The molecule has 0 atom stereocenters. The third-order valence-electron chi connectivity index (χ3n) is 2.55. The fourth-order valence-electron chi connectivity index (χ4n) is 1.66. The Hall–Kier alpha value is -1.06. The Bertz CT molecular complexity index is 279. The number of hydrogen-bond acceptors (Lipinski definition) is 3. The van der Waals surface area contributed by atoms with Gasteiger partial charge in [0.05, 0.1) is 13.2 Å². The van der Waals surface area contributed by atoms with E-state index in [1.54, 1.807) is 0 Å². The molecular weight excluding hydrogens is 224 g/mol. The molecule has 1 aromatic carbocycles. The molecule has 3 nitrogen and oxygen atoms in total. The van der Waals surface area contributed by atoms with E-state index in [9.17, 15) is 0 Å². The SMILES string of the molecule is CC.CC.NCc1ccc(N2CCOCC2)cc1. The van der Waals surface area contributed by atoms with Crippen LogP contribution in [-0.4, -0.2) is 26.3 Å². The van der Waals surface area contributed by atoms with Gasteiger partial charge in [-0.3, -0.25) is 0 Å². The van der Waals surface area contributed by atoms with Crippen LogP contribution in [0.4, 0.5) is 5.69 Å². The Morgan fingerprint density at radius 1 is 1.00 bits per heavy atom.